The number of benzene rings is 1. The molecule has 0 spiro atoms. The molecule has 1 aromatic rings. The van der Waals surface area contributed by atoms with Crippen LogP contribution >= 0.6 is 0 Å². The normalized spacial score (nSPS) is 13.2. The van der Waals surface area contributed by atoms with E-state index in [-0.39, 0.29) is 0 Å². The fourth-order valence-corrected chi connectivity index (χ4v) is 1.91. The first-order chi connectivity index (χ1) is 9.12. The van der Waals surface area contributed by atoms with E-state index < -0.39 is 0 Å². The number of methoxy groups -OCH3 is 1. The number of hydrogen-bond acceptors (Lipinski definition) is 4. The largest absolute Gasteiger partial charge is 0.497 e. The molecule has 0 saturated heterocycles. The van der Waals surface area contributed by atoms with Gasteiger partial charge >= 0.3 is 0 Å². The molecule has 0 aliphatic carbocycles. The van der Waals surface area contributed by atoms with Gasteiger partial charge in [0.05, 0.1) is 19.4 Å². The number of hydrogen-bond donors (Lipinski definition) is 1. The van der Waals surface area contributed by atoms with Gasteiger partial charge in [-0.3, -0.25) is 0 Å². The third-order valence-corrected chi connectivity index (χ3v) is 3.03. The van der Waals surface area contributed by atoms with Crippen molar-refractivity contribution in [2.24, 2.45) is 11.1 Å². The number of rotatable bonds is 7. The maximum atomic E-state index is 8.90. The van der Waals surface area contributed by atoms with E-state index in [0.29, 0.717) is 24.0 Å². The molecule has 1 rings (SSSR count). The van der Waals surface area contributed by atoms with E-state index in [1.807, 2.05) is 18.2 Å². The summed E-state index contributed by atoms with van der Waals surface area (Å²) in [5, 5.41) is 12.1. The van der Waals surface area contributed by atoms with Crippen LogP contribution in [0.25, 0.3) is 0 Å². The van der Waals surface area contributed by atoms with Gasteiger partial charge in [-0.2, -0.15) is 0 Å². The van der Waals surface area contributed by atoms with E-state index in [0.717, 1.165) is 24.2 Å². The maximum absolute atomic E-state index is 8.90. The smallest absolute Gasteiger partial charge is 0.132 e. The first-order valence-corrected chi connectivity index (χ1v) is 6.62. The number of ether oxygens (including phenoxy) is 2. The summed E-state index contributed by atoms with van der Waals surface area (Å²) in [6.07, 6.45) is 2.28. The highest BCUT2D eigenvalue weighted by Gasteiger charge is 2.11. The third kappa shape index (κ3) is 4.47. The first-order valence-electron chi connectivity index (χ1n) is 6.62. The standard InChI is InChI=1S/C15H23NO3/c1-5-6-11(2)10-19-15-9-13(18-4)7-8-14(15)12(3)16-17/h7-9,11,17H,5-6,10H2,1-4H3/b16-12+. The van der Waals surface area contributed by atoms with Gasteiger partial charge in [0.2, 0.25) is 0 Å². The van der Waals surface area contributed by atoms with Crippen LogP contribution in [0.3, 0.4) is 0 Å². The highest BCUT2D eigenvalue weighted by atomic mass is 16.5. The van der Waals surface area contributed by atoms with Gasteiger partial charge < -0.3 is 14.7 Å². The summed E-state index contributed by atoms with van der Waals surface area (Å²) < 4.78 is 11.0. The Morgan fingerprint density at radius 1 is 1.42 bits per heavy atom. The van der Waals surface area contributed by atoms with Crippen LogP contribution < -0.4 is 9.47 Å². The summed E-state index contributed by atoms with van der Waals surface area (Å²) in [5.41, 5.74) is 1.31. The number of nitrogens with zero attached hydrogens (tertiary/aromatic N) is 1. The molecule has 0 radical (unpaired) electrons. The summed E-state index contributed by atoms with van der Waals surface area (Å²) in [4.78, 5) is 0. The van der Waals surface area contributed by atoms with Gasteiger partial charge in [0, 0.05) is 11.6 Å². The summed E-state index contributed by atoms with van der Waals surface area (Å²) >= 11 is 0. The van der Waals surface area contributed by atoms with Gasteiger partial charge in [-0.15, -0.1) is 0 Å². The van der Waals surface area contributed by atoms with Gasteiger partial charge in [0.15, 0.2) is 0 Å². The minimum Gasteiger partial charge on any atom is -0.497 e. The molecule has 4 nitrogen and oxygen atoms in total. The van der Waals surface area contributed by atoms with Gasteiger partial charge in [0.1, 0.15) is 11.5 Å². The Bertz CT molecular complexity index is 429. The van der Waals surface area contributed by atoms with Crippen molar-refractivity contribution in [3.05, 3.63) is 23.8 Å². The quantitative estimate of drug-likeness (QED) is 0.464. The van der Waals surface area contributed by atoms with Crippen molar-refractivity contribution in [2.75, 3.05) is 13.7 Å². The van der Waals surface area contributed by atoms with Crippen LogP contribution in [0.1, 0.15) is 39.2 Å². The average molecular weight is 265 g/mol. The monoisotopic (exact) mass is 265 g/mol. The molecular formula is C15H23NO3. The zero-order chi connectivity index (χ0) is 14.3. The van der Waals surface area contributed by atoms with Crippen LogP contribution in [-0.2, 0) is 0 Å². The highest BCUT2D eigenvalue weighted by Crippen LogP contribution is 2.26. The number of oxime groups is 1. The van der Waals surface area contributed by atoms with Crippen molar-refractivity contribution in [1.82, 2.24) is 0 Å². The second-order valence-corrected chi connectivity index (χ2v) is 4.75. The molecule has 1 atom stereocenters. The summed E-state index contributed by atoms with van der Waals surface area (Å²) in [7, 11) is 1.62. The van der Waals surface area contributed by atoms with E-state index in [1.54, 1.807) is 14.0 Å². The van der Waals surface area contributed by atoms with E-state index >= 15 is 0 Å². The Hall–Kier alpha value is -1.71. The Morgan fingerprint density at radius 2 is 2.16 bits per heavy atom. The van der Waals surface area contributed by atoms with Crippen molar-refractivity contribution in [3.63, 3.8) is 0 Å². The van der Waals surface area contributed by atoms with Gasteiger partial charge in [-0.25, -0.2) is 0 Å². The van der Waals surface area contributed by atoms with Gasteiger partial charge in [-0.1, -0.05) is 25.4 Å². The molecule has 0 amide bonds. The van der Waals surface area contributed by atoms with Crippen molar-refractivity contribution in [2.45, 2.75) is 33.6 Å². The van der Waals surface area contributed by atoms with Crippen molar-refractivity contribution in [3.8, 4) is 11.5 Å². The summed E-state index contributed by atoms with van der Waals surface area (Å²) in [6.45, 7) is 6.71. The van der Waals surface area contributed by atoms with Crippen molar-refractivity contribution < 1.29 is 14.7 Å². The molecule has 0 saturated carbocycles. The molecule has 19 heavy (non-hydrogen) atoms. The van der Waals surface area contributed by atoms with Crippen LogP contribution in [0.5, 0.6) is 11.5 Å². The zero-order valence-corrected chi connectivity index (χ0v) is 12.1. The molecule has 1 aromatic carbocycles. The lowest BCUT2D eigenvalue weighted by atomic mass is 10.1. The van der Waals surface area contributed by atoms with E-state index in [2.05, 4.69) is 19.0 Å². The lowest BCUT2D eigenvalue weighted by Gasteiger charge is -2.15. The Morgan fingerprint density at radius 3 is 2.74 bits per heavy atom. The third-order valence-electron chi connectivity index (χ3n) is 3.03. The minimum atomic E-state index is 0.496. The first kappa shape index (κ1) is 15.3. The summed E-state index contributed by atoms with van der Waals surface area (Å²) in [6, 6.07) is 5.49. The summed E-state index contributed by atoms with van der Waals surface area (Å²) in [5.74, 6) is 1.92. The van der Waals surface area contributed by atoms with E-state index in [4.69, 9.17) is 14.7 Å². The fraction of sp³-hybridized carbons (Fsp3) is 0.533. The molecule has 1 unspecified atom stereocenters. The Labute approximate surface area is 115 Å². The molecule has 0 heterocycles. The SMILES string of the molecule is CCCC(C)COc1cc(OC)ccc1/C(C)=N/O. The molecular weight excluding hydrogens is 242 g/mol. The van der Waals surface area contributed by atoms with E-state index in [1.165, 1.54) is 0 Å². The molecule has 106 valence electrons. The zero-order valence-electron chi connectivity index (χ0n) is 12.1. The predicted molar refractivity (Wildman–Crippen MR) is 76.6 cm³/mol. The highest BCUT2D eigenvalue weighted by molar-refractivity contribution is 6.00. The molecule has 0 aliphatic rings. The van der Waals surface area contributed by atoms with Crippen LogP contribution in [0.2, 0.25) is 0 Å². The Kier molecular flexibility index (Phi) is 6.19. The minimum absolute atomic E-state index is 0.496. The fourth-order valence-electron chi connectivity index (χ4n) is 1.91. The van der Waals surface area contributed by atoms with E-state index in [9.17, 15) is 0 Å². The average Bonchev–Trinajstić information content (AvgIpc) is 2.44. The molecule has 1 N–H and O–H groups in total. The molecule has 0 aliphatic heterocycles. The molecule has 4 heteroatoms. The topological polar surface area (TPSA) is 51.0 Å². The molecule has 0 bridgehead atoms. The van der Waals surface area contributed by atoms with Crippen LogP contribution in [0.4, 0.5) is 0 Å². The van der Waals surface area contributed by atoms with Crippen molar-refractivity contribution >= 4 is 5.71 Å². The van der Waals surface area contributed by atoms with Crippen LogP contribution in [0.15, 0.2) is 23.4 Å². The van der Waals surface area contributed by atoms with Crippen LogP contribution in [-0.4, -0.2) is 24.6 Å². The van der Waals surface area contributed by atoms with Gasteiger partial charge in [0.25, 0.3) is 0 Å². The van der Waals surface area contributed by atoms with Gasteiger partial charge in [-0.05, 0) is 31.4 Å². The lowest BCUT2D eigenvalue weighted by Crippen LogP contribution is -2.10. The van der Waals surface area contributed by atoms with Crippen LogP contribution in [0, 0.1) is 5.92 Å². The Balaban J connectivity index is 2.89. The lowest BCUT2D eigenvalue weighted by molar-refractivity contribution is 0.249. The van der Waals surface area contributed by atoms with Crippen molar-refractivity contribution in [1.29, 1.82) is 0 Å². The second-order valence-electron chi connectivity index (χ2n) is 4.75. The molecule has 0 fully saturated rings. The maximum Gasteiger partial charge on any atom is 0.132 e. The predicted octanol–water partition coefficient (Wildman–Crippen LogP) is 3.71. The second kappa shape index (κ2) is 7.67. The molecule has 0 aromatic heterocycles.